The fourth-order valence-corrected chi connectivity index (χ4v) is 3.70. The van der Waals surface area contributed by atoms with Gasteiger partial charge in [0.25, 0.3) is 0 Å². The lowest BCUT2D eigenvalue weighted by molar-refractivity contribution is 0.251. The number of amides is 2. The summed E-state index contributed by atoms with van der Waals surface area (Å²) < 4.78 is 39.2. The van der Waals surface area contributed by atoms with Gasteiger partial charge in [-0.05, 0) is 49.2 Å². The molecule has 8 heteroatoms. The summed E-state index contributed by atoms with van der Waals surface area (Å²) in [5.41, 5.74) is 1.98. The second-order valence-corrected chi connectivity index (χ2v) is 7.92. The van der Waals surface area contributed by atoms with Gasteiger partial charge in [0.15, 0.2) is 0 Å². The molecule has 140 valence electrons. The lowest BCUT2D eigenvalue weighted by atomic mass is 10.1. The van der Waals surface area contributed by atoms with Crippen molar-refractivity contribution in [1.82, 2.24) is 10.0 Å². The zero-order valence-corrected chi connectivity index (χ0v) is 15.4. The summed E-state index contributed by atoms with van der Waals surface area (Å²) >= 11 is 0. The third kappa shape index (κ3) is 6.81. The van der Waals surface area contributed by atoms with Gasteiger partial charge in [-0.25, -0.2) is 22.3 Å². The molecule has 0 heterocycles. The van der Waals surface area contributed by atoms with Crippen molar-refractivity contribution in [3.05, 3.63) is 65.5 Å². The molecule has 0 aromatic heterocycles. The molecule has 2 aromatic carbocycles. The van der Waals surface area contributed by atoms with Gasteiger partial charge in [0.05, 0.1) is 5.75 Å². The van der Waals surface area contributed by atoms with Crippen LogP contribution in [-0.4, -0.2) is 20.5 Å². The maximum absolute atomic E-state index is 12.8. The second kappa shape index (κ2) is 8.77. The number of nitrogens with one attached hydrogen (secondary N) is 3. The van der Waals surface area contributed by atoms with Crippen LogP contribution in [0, 0.1) is 5.82 Å². The maximum atomic E-state index is 12.8. The number of carbonyl (C=O) groups is 1. The average Bonchev–Trinajstić information content (AvgIpc) is 2.55. The van der Waals surface area contributed by atoms with Crippen molar-refractivity contribution in [3.63, 3.8) is 0 Å². The minimum atomic E-state index is -3.37. The summed E-state index contributed by atoms with van der Waals surface area (Å²) in [4.78, 5) is 11.8. The second-order valence-electron chi connectivity index (χ2n) is 6.16. The Labute approximate surface area is 152 Å². The lowest BCUT2D eigenvalue weighted by Crippen LogP contribution is -2.31. The van der Waals surface area contributed by atoms with Gasteiger partial charge in [-0.3, -0.25) is 0 Å². The summed E-state index contributed by atoms with van der Waals surface area (Å²) in [6.45, 7) is 3.82. The van der Waals surface area contributed by atoms with Crippen LogP contribution >= 0.6 is 0 Å². The number of rotatable bonds is 7. The molecule has 0 aliphatic heterocycles. The molecule has 0 saturated heterocycles. The molecule has 2 amide bonds. The van der Waals surface area contributed by atoms with E-state index in [0.717, 1.165) is 5.56 Å². The number of carbonyl (C=O) groups excluding carboxylic acids is 1. The topological polar surface area (TPSA) is 87.3 Å². The third-order valence-corrected chi connectivity index (χ3v) is 4.89. The first-order valence-corrected chi connectivity index (χ1v) is 9.77. The molecule has 0 unspecified atom stereocenters. The smallest absolute Gasteiger partial charge is 0.319 e. The lowest BCUT2D eigenvalue weighted by Gasteiger charge is -2.10. The Morgan fingerprint density at radius 2 is 1.58 bits per heavy atom. The first-order valence-electron chi connectivity index (χ1n) is 8.12. The minimum absolute atomic E-state index is 0.0933. The van der Waals surface area contributed by atoms with Crippen molar-refractivity contribution in [2.24, 2.45) is 0 Å². The van der Waals surface area contributed by atoms with Crippen molar-refractivity contribution >= 4 is 21.7 Å². The molecule has 6 nitrogen and oxygen atoms in total. The predicted octanol–water partition coefficient (Wildman–Crippen LogP) is 2.98. The molecule has 3 N–H and O–H groups in total. The minimum Gasteiger partial charge on any atom is -0.334 e. The van der Waals surface area contributed by atoms with Gasteiger partial charge in [0.1, 0.15) is 5.82 Å². The van der Waals surface area contributed by atoms with Crippen LogP contribution in [0.25, 0.3) is 0 Å². The fourth-order valence-electron chi connectivity index (χ4n) is 2.26. The Kier molecular flexibility index (Phi) is 6.70. The zero-order valence-electron chi connectivity index (χ0n) is 14.6. The van der Waals surface area contributed by atoms with Crippen molar-refractivity contribution in [1.29, 1.82) is 0 Å². The first-order chi connectivity index (χ1) is 12.2. The van der Waals surface area contributed by atoms with Crippen molar-refractivity contribution in [2.45, 2.75) is 32.2 Å². The molecule has 2 rings (SSSR count). The average molecular weight is 379 g/mol. The van der Waals surface area contributed by atoms with Crippen molar-refractivity contribution in [2.75, 3.05) is 5.32 Å². The zero-order chi connectivity index (χ0) is 19.2. The number of urea groups is 1. The molecular weight excluding hydrogens is 357 g/mol. The number of hydrogen-bond donors (Lipinski definition) is 3. The van der Waals surface area contributed by atoms with Crippen LogP contribution in [0.3, 0.4) is 0 Å². The summed E-state index contributed by atoms with van der Waals surface area (Å²) in [5, 5.41) is 5.28. The molecule has 0 saturated carbocycles. The predicted molar refractivity (Wildman–Crippen MR) is 99.6 cm³/mol. The number of hydrogen-bond acceptors (Lipinski definition) is 3. The largest absolute Gasteiger partial charge is 0.334 e. The van der Waals surface area contributed by atoms with Crippen LogP contribution in [0.15, 0.2) is 48.5 Å². The van der Waals surface area contributed by atoms with Gasteiger partial charge in [0, 0.05) is 18.3 Å². The molecule has 2 aromatic rings. The highest BCUT2D eigenvalue weighted by atomic mass is 32.2. The molecule has 0 spiro atoms. The van der Waals surface area contributed by atoms with E-state index in [0.29, 0.717) is 11.3 Å². The van der Waals surface area contributed by atoms with Gasteiger partial charge >= 0.3 is 6.03 Å². The van der Waals surface area contributed by atoms with Crippen LogP contribution in [0.5, 0.6) is 0 Å². The standard InChI is InChI=1S/C18H22FN3O3S/c1-13(2)22-26(24,25)12-15-5-3-14(4-6-15)11-20-18(23)21-17-9-7-16(19)8-10-17/h3-10,13,22H,11-12H2,1-2H3,(H2,20,21,23). The Hall–Kier alpha value is -2.45. The number of anilines is 1. The molecular formula is C18H22FN3O3S. The number of benzene rings is 2. The number of sulfonamides is 1. The highest BCUT2D eigenvalue weighted by Gasteiger charge is 2.12. The van der Waals surface area contributed by atoms with Crippen LogP contribution in [-0.2, 0) is 22.3 Å². The van der Waals surface area contributed by atoms with E-state index in [4.69, 9.17) is 0 Å². The molecule has 0 radical (unpaired) electrons. The van der Waals surface area contributed by atoms with Crippen molar-refractivity contribution < 1.29 is 17.6 Å². The van der Waals surface area contributed by atoms with Gasteiger partial charge in [-0.15, -0.1) is 0 Å². The molecule has 0 bridgehead atoms. The monoisotopic (exact) mass is 379 g/mol. The Morgan fingerprint density at radius 3 is 2.15 bits per heavy atom. The van der Waals surface area contributed by atoms with Crippen LogP contribution < -0.4 is 15.4 Å². The highest BCUT2D eigenvalue weighted by molar-refractivity contribution is 7.88. The fraction of sp³-hybridized carbons (Fsp3) is 0.278. The highest BCUT2D eigenvalue weighted by Crippen LogP contribution is 2.10. The Balaban J connectivity index is 1.85. The third-order valence-electron chi connectivity index (χ3n) is 3.35. The van der Waals surface area contributed by atoms with E-state index in [1.807, 2.05) is 0 Å². The Morgan fingerprint density at radius 1 is 1.00 bits per heavy atom. The van der Waals surface area contributed by atoms with E-state index in [1.54, 1.807) is 38.1 Å². The van der Waals surface area contributed by atoms with E-state index in [2.05, 4.69) is 15.4 Å². The van der Waals surface area contributed by atoms with E-state index in [9.17, 15) is 17.6 Å². The number of halogens is 1. The van der Waals surface area contributed by atoms with Gasteiger partial charge in [-0.2, -0.15) is 0 Å². The quantitative estimate of drug-likeness (QED) is 0.691. The summed E-state index contributed by atoms with van der Waals surface area (Å²) in [7, 11) is -3.37. The van der Waals surface area contributed by atoms with Crippen LogP contribution in [0.2, 0.25) is 0 Å². The Bertz CT molecular complexity index is 835. The normalized spacial score (nSPS) is 11.4. The summed E-state index contributed by atoms with van der Waals surface area (Å²) in [6.07, 6.45) is 0. The molecule has 0 aliphatic carbocycles. The van der Waals surface area contributed by atoms with Gasteiger partial charge < -0.3 is 10.6 Å². The van der Waals surface area contributed by atoms with Crippen LogP contribution in [0.1, 0.15) is 25.0 Å². The van der Waals surface area contributed by atoms with Gasteiger partial charge in [-0.1, -0.05) is 24.3 Å². The van der Waals surface area contributed by atoms with E-state index >= 15 is 0 Å². The summed E-state index contributed by atoms with van der Waals surface area (Å²) in [5.74, 6) is -0.467. The SMILES string of the molecule is CC(C)NS(=O)(=O)Cc1ccc(CNC(=O)Nc2ccc(F)cc2)cc1. The molecule has 0 fully saturated rings. The van der Waals surface area contributed by atoms with Gasteiger partial charge in [0.2, 0.25) is 10.0 Å². The molecule has 26 heavy (non-hydrogen) atoms. The van der Waals surface area contributed by atoms with E-state index in [-0.39, 0.29) is 24.2 Å². The van der Waals surface area contributed by atoms with E-state index < -0.39 is 16.1 Å². The molecule has 0 aliphatic rings. The van der Waals surface area contributed by atoms with E-state index in [1.165, 1.54) is 24.3 Å². The maximum Gasteiger partial charge on any atom is 0.319 e. The van der Waals surface area contributed by atoms with Crippen LogP contribution in [0.4, 0.5) is 14.9 Å². The molecule has 0 atom stereocenters. The summed E-state index contributed by atoms with van der Waals surface area (Å²) in [6, 6.07) is 11.9. The van der Waals surface area contributed by atoms with Crippen molar-refractivity contribution in [3.8, 4) is 0 Å². The first kappa shape index (κ1) is 19.9.